The zero-order chi connectivity index (χ0) is 14.0. The lowest BCUT2D eigenvalue weighted by Gasteiger charge is -2.39. The lowest BCUT2D eigenvalue weighted by molar-refractivity contribution is 0.222. The van der Waals surface area contributed by atoms with Gasteiger partial charge in [0.25, 0.3) is 0 Å². The third-order valence-corrected chi connectivity index (χ3v) is 4.81. The monoisotopic (exact) mass is 320 g/mol. The van der Waals surface area contributed by atoms with E-state index in [9.17, 15) is 5.26 Å². The molecule has 0 aliphatic heterocycles. The van der Waals surface area contributed by atoms with Gasteiger partial charge in [-0.3, -0.25) is 0 Å². The van der Waals surface area contributed by atoms with Gasteiger partial charge in [-0.1, -0.05) is 29.8 Å². The molecule has 1 fully saturated rings. The number of nitriles is 1. The van der Waals surface area contributed by atoms with Crippen molar-refractivity contribution in [1.82, 2.24) is 0 Å². The fourth-order valence-corrected chi connectivity index (χ4v) is 3.21. The Morgan fingerprint density at radius 3 is 2.53 bits per heavy atom. The average Bonchev–Trinajstić information content (AvgIpc) is 2.38. The maximum atomic E-state index is 9.25. The largest absolute Gasteiger partial charge is 0.371 e. The molecule has 1 aliphatic carbocycles. The summed E-state index contributed by atoms with van der Waals surface area (Å²) in [5.41, 5.74) is 2.28. The van der Waals surface area contributed by atoms with Crippen LogP contribution in [0.2, 0.25) is 0 Å². The SMILES string of the molecule is CN(c1cc(Br)ccc1C#N)C1CCC(C)(C)CC1. The molecule has 1 saturated carbocycles. The van der Waals surface area contributed by atoms with Crippen LogP contribution in [0.5, 0.6) is 0 Å². The van der Waals surface area contributed by atoms with Gasteiger partial charge in [0.1, 0.15) is 6.07 Å². The third-order valence-electron chi connectivity index (χ3n) is 4.32. The van der Waals surface area contributed by atoms with Gasteiger partial charge in [-0.15, -0.1) is 0 Å². The van der Waals surface area contributed by atoms with Gasteiger partial charge in [0.2, 0.25) is 0 Å². The Hall–Kier alpha value is -1.01. The molecule has 0 radical (unpaired) electrons. The summed E-state index contributed by atoms with van der Waals surface area (Å²) in [6.45, 7) is 4.70. The number of nitrogens with zero attached hydrogens (tertiary/aromatic N) is 2. The molecule has 1 aliphatic rings. The average molecular weight is 321 g/mol. The maximum Gasteiger partial charge on any atom is 0.101 e. The van der Waals surface area contributed by atoms with Crippen molar-refractivity contribution in [2.24, 2.45) is 5.41 Å². The van der Waals surface area contributed by atoms with Crippen LogP contribution in [0.25, 0.3) is 0 Å². The van der Waals surface area contributed by atoms with Crippen LogP contribution in [-0.2, 0) is 0 Å². The van der Waals surface area contributed by atoms with Crippen molar-refractivity contribution in [1.29, 1.82) is 5.26 Å². The molecule has 1 aromatic rings. The molecule has 19 heavy (non-hydrogen) atoms. The number of halogens is 1. The molecule has 0 atom stereocenters. The first kappa shape index (κ1) is 14.4. The van der Waals surface area contributed by atoms with Crippen LogP contribution in [0, 0.1) is 16.7 Å². The second-order valence-electron chi connectivity index (χ2n) is 6.28. The Kier molecular flexibility index (Phi) is 4.20. The number of rotatable bonds is 2. The van der Waals surface area contributed by atoms with E-state index >= 15 is 0 Å². The molecule has 0 spiro atoms. The van der Waals surface area contributed by atoms with Gasteiger partial charge < -0.3 is 4.90 Å². The normalized spacial score (nSPS) is 18.9. The molecular weight excluding hydrogens is 300 g/mol. The van der Waals surface area contributed by atoms with E-state index in [-0.39, 0.29) is 0 Å². The van der Waals surface area contributed by atoms with Crippen molar-refractivity contribution >= 4 is 21.6 Å². The van der Waals surface area contributed by atoms with Crippen LogP contribution < -0.4 is 4.90 Å². The quantitative estimate of drug-likeness (QED) is 0.787. The molecule has 2 nitrogen and oxygen atoms in total. The lowest BCUT2D eigenvalue weighted by Crippen LogP contribution is -2.37. The molecule has 0 aromatic heterocycles. The highest BCUT2D eigenvalue weighted by molar-refractivity contribution is 9.10. The second kappa shape index (κ2) is 5.54. The summed E-state index contributed by atoms with van der Waals surface area (Å²) < 4.78 is 1.03. The van der Waals surface area contributed by atoms with E-state index in [2.05, 4.69) is 53.9 Å². The molecule has 0 amide bonds. The first-order valence-electron chi connectivity index (χ1n) is 6.85. The Morgan fingerprint density at radius 1 is 1.32 bits per heavy atom. The van der Waals surface area contributed by atoms with Gasteiger partial charge in [-0.2, -0.15) is 5.26 Å². The fraction of sp³-hybridized carbons (Fsp3) is 0.562. The second-order valence-corrected chi connectivity index (χ2v) is 7.20. The highest BCUT2D eigenvalue weighted by Gasteiger charge is 2.29. The molecule has 1 aromatic carbocycles. The Labute approximate surface area is 124 Å². The summed E-state index contributed by atoms with van der Waals surface area (Å²) in [7, 11) is 2.12. The van der Waals surface area contributed by atoms with Gasteiger partial charge in [0.05, 0.1) is 11.3 Å². The Bertz CT molecular complexity index is 492. The van der Waals surface area contributed by atoms with Crippen LogP contribution >= 0.6 is 15.9 Å². The summed E-state index contributed by atoms with van der Waals surface area (Å²) >= 11 is 3.50. The third kappa shape index (κ3) is 3.30. The first-order valence-corrected chi connectivity index (χ1v) is 7.65. The predicted molar refractivity (Wildman–Crippen MR) is 83.3 cm³/mol. The minimum absolute atomic E-state index is 0.479. The molecule has 102 valence electrons. The fourth-order valence-electron chi connectivity index (χ4n) is 2.86. The van der Waals surface area contributed by atoms with Crippen molar-refractivity contribution in [3.63, 3.8) is 0 Å². The summed E-state index contributed by atoms with van der Waals surface area (Å²) in [6.07, 6.45) is 4.94. The van der Waals surface area contributed by atoms with E-state index in [1.807, 2.05) is 12.1 Å². The molecule has 0 saturated heterocycles. The van der Waals surface area contributed by atoms with Gasteiger partial charge in [0, 0.05) is 17.6 Å². The Balaban J connectivity index is 2.19. The number of hydrogen-bond acceptors (Lipinski definition) is 2. The van der Waals surface area contributed by atoms with Gasteiger partial charge in [-0.05, 0) is 49.3 Å². The van der Waals surface area contributed by atoms with Gasteiger partial charge >= 0.3 is 0 Å². The van der Waals surface area contributed by atoms with Crippen molar-refractivity contribution in [3.05, 3.63) is 28.2 Å². The highest BCUT2D eigenvalue weighted by atomic mass is 79.9. The topological polar surface area (TPSA) is 27.0 Å². The summed E-state index contributed by atoms with van der Waals surface area (Å²) in [4.78, 5) is 2.29. The van der Waals surface area contributed by atoms with E-state index in [1.165, 1.54) is 25.7 Å². The zero-order valence-electron chi connectivity index (χ0n) is 11.9. The minimum Gasteiger partial charge on any atom is -0.371 e. The molecule has 3 heteroatoms. The lowest BCUT2D eigenvalue weighted by atomic mass is 9.75. The van der Waals surface area contributed by atoms with Gasteiger partial charge in [0.15, 0.2) is 0 Å². The van der Waals surface area contributed by atoms with Crippen LogP contribution in [0.15, 0.2) is 22.7 Å². The van der Waals surface area contributed by atoms with E-state index in [1.54, 1.807) is 0 Å². The Morgan fingerprint density at radius 2 is 1.95 bits per heavy atom. The smallest absolute Gasteiger partial charge is 0.101 e. The molecule has 0 N–H and O–H groups in total. The molecule has 0 unspecified atom stereocenters. The summed E-state index contributed by atoms with van der Waals surface area (Å²) in [6, 6.07) is 8.72. The van der Waals surface area contributed by atoms with Crippen molar-refractivity contribution in [3.8, 4) is 6.07 Å². The molecule has 0 heterocycles. The summed E-state index contributed by atoms with van der Waals surface area (Å²) in [5.74, 6) is 0. The maximum absolute atomic E-state index is 9.25. The first-order chi connectivity index (χ1) is 8.93. The van der Waals surface area contributed by atoms with Crippen molar-refractivity contribution in [2.75, 3.05) is 11.9 Å². The highest BCUT2D eigenvalue weighted by Crippen LogP contribution is 2.38. The van der Waals surface area contributed by atoms with Crippen molar-refractivity contribution < 1.29 is 0 Å². The zero-order valence-corrected chi connectivity index (χ0v) is 13.5. The van der Waals surface area contributed by atoms with E-state index in [4.69, 9.17) is 0 Å². The van der Waals surface area contributed by atoms with Crippen LogP contribution in [0.4, 0.5) is 5.69 Å². The van der Waals surface area contributed by atoms with E-state index in [0.29, 0.717) is 11.5 Å². The van der Waals surface area contributed by atoms with Crippen molar-refractivity contribution in [2.45, 2.75) is 45.6 Å². The number of hydrogen-bond donors (Lipinski definition) is 0. The number of benzene rings is 1. The van der Waals surface area contributed by atoms with Gasteiger partial charge in [-0.25, -0.2) is 0 Å². The van der Waals surface area contributed by atoms with Crippen LogP contribution in [0.1, 0.15) is 45.1 Å². The molecule has 0 bridgehead atoms. The van der Waals surface area contributed by atoms with E-state index < -0.39 is 0 Å². The predicted octanol–water partition coefficient (Wildman–Crippen LogP) is 4.73. The summed E-state index contributed by atoms with van der Waals surface area (Å²) in [5, 5.41) is 9.25. The van der Waals surface area contributed by atoms with E-state index in [0.717, 1.165) is 15.7 Å². The molecular formula is C16H21BrN2. The number of anilines is 1. The molecule has 2 rings (SSSR count). The minimum atomic E-state index is 0.479. The van der Waals surface area contributed by atoms with Crippen LogP contribution in [0.3, 0.4) is 0 Å². The standard InChI is InChI=1S/C16H21BrN2/c1-16(2)8-6-14(7-9-16)19(3)15-10-13(17)5-4-12(15)11-18/h4-5,10,14H,6-9H2,1-3H3. The van der Waals surface area contributed by atoms with Crippen LogP contribution in [-0.4, -0.2) is 13.1 Å².